The lowest BCUT2D eigenvalue weighted by Crippen LogP contribution is -2.48. The van der Waals surface area contributed by atoms with Gasteiger partial charge in [-0.25, -0.2) is 4.79 Å². The van der Waals surface area contributed by atoms with Gasteiger partial charge in [-0.15, -0.1) is 0 Å². The van der Waals surface area contributed by atoms with Crippen LogP contribution in [0.2, 0.25) is 0 Å². The monoisotopic (exact) mass is 229 g/mol. The van der Waals surface area contributed by atoms with Gasteiger partial charge in [-0.05, 0) is 18.8 Å². The first-order valence-electron chi connectivity index (χ1n) is 5.71. The molecular formula is C11H19NO4. The highest BCUT2D eigenvalue weighted by molar-refractivity contribution is 5.86. The molecule has 0 bridgehead atoms. The quantitative estimate of drug-likeness (QED) is 0.730. The molecule has 1 heterocycles. The molecule has 1 rings (SSSR count). The van der Waals surface area contributed by atoms with E-state index in [1.807, 2.05) is 13.8 Å². The fraction of sp³-hybridized carbons (Fsp3) is 0.818. The number of carbonyl (C=O) groups is 2. The van der Waals surface area contributed by atoms with Gasteiger partial charge in [0, 0.05) is 6.61 Å². The third-order valence-electron chi connectivity index (χ3n) is 3.00. The highest BCUT2D eigenvalue weighted by atomic mass is 16.5. The molecule has 5 heteroatoms. The maximum absolute atomic E-state index is 11.7. The first-order chi connectivity index (χ1) is 7.56. The number of carboxylic acid groups (broad SMARTS) is 1. The minimum Gasteiger partial charge on any atom is -0.480 e. The van der Waals surface area contributed by atoms with Crippen LogP contribution in [0.3, 0.4) is 0 Å². The van der Waals surface area contributed by atoms with Crippen molar-refractivity contribution in [3.8, 4) is 0 Å². The lowest BCUT2D eigenvalue weighted by atomic mass is 9.99. The van der Waals surface area contributed by atoms with E-state index in [4.69, 9.17) is 9.84 Å². The SMILES string of the molecule is CC[C@@H](C)[C@H](NC(=O)[C@H]1CCCO1)C(=O)O. The zero-order valence-corrected chi connectivity index (χ0v) is 9.73. The van der Waals surface area contributed by atoms with Crippen molar-refractivity contribution in [3.63, 3.8) is 0 Å². The van der Waals surface area contributed by atoms with Gasteiger partial charge in [0.15, 0.2) is 0 Å². The molecule has 0 aromatic rings. The molecule has 1 saturated heterocycles. The Morgan fingerprint density at radius 2 is 2.25 bits per heavy atom. The van der Waals surface area contributed by atoms with E-state index < -0.39 is 18.1 Å². The molecule has 5 nitrogen and oxygen atoms in total. The van der Waals surface area contributed by atoms with Gasteiger partial charge in [-0.1, -0.05) is 20.3 Å². The normalized spacial score (nSPS) is 23.8. The Balaban J connectivity index is 2.53. The fourth-order valence-electron chi connectivity index (χ4n) is 1.71. The topological polar surface area (TPSA) is 75.6 Å². The number of aliphatic carboxylic acids is 1. The average Bonchev–Trinajstić information content (AvgIpc) is 2.77. The molecule has 0 saturated carbocycles. The van der Waals surface area contributed by atoms with Crippen molar-refractivity contribution in [2.24, 2.45) is 5.92 Å². The van der Waals surface area contributed by atoms with E-state index in [1.165, 1.54) is 0 Å². The van der Waals surface area contributed by atoms with Gasteiger partial charge >= 0.3 is 5.97 Å². The Labute approximate surface area is 95.2 Å². The van der Waals surface area contributed by atoms with Crippen LogP contribution in [-0.2, 0) is 14.3 Å². The highest BCUT2D eigenvalue weighted by Crippen LogP contribution is 2.14. The number of hydrogen-bond acceptors (Lipinski definition) is 3. The third-order valence-corrected chi connectivity index (χ3v) is 3.00. The number of hydrogen-bond donors (Lipinski definition) is 2. The van der Waals surface area contributed by atoms with E-state index in [9.17, 15) is 9.59 Å². The molecule has 1 fully saturated rings. The molecular weight excluding hydrogens is 210 g/mol. The van der Waals surface area contributed by atoms with E-state index in [0.29, 0.717) is 19.4 Å². The smallest absolute Gasteiger partial charge is 0.326 e. The first kappa shape index (κ1) is 13.0. The van der Waals surface area contributed by atoms with Crippen molar-refractivity contribution in [1.82, 2.24) is 5.32 Å². The lowest BCUT2D eigenvalue weighted by Gasteiger charge is -2.21. The molecule has 0 aliphatic carbocycles. The van der Waals surface area contributed by atoms with E-state index in [2.05, 4.69) is 5.32 Å². The van der Waals surface area contributed by atoms with E-state index in [0.717, 1.165) is 6.42 Å². The summed E-state index contributed by atoms with van der Waals surface area (Å²) in [5.74, 6) is -1.37. The Kier molecular flexibility index (Phi) is 4.73. The summed E-state index contributed by atoms with van der Waals surface area (Å²) in [4.78, 5) is 22.7. The summed E-state index contributed by atoms with van der Waals surface area (Å²) in [5.41, 5.74) is 0. The second-order valence-electron chi connectivity index (χ2n) is 4.21. The van der Waals surface area contributed by atoms with Crippen LogP contribution in [0, 0.1) is 5.92 Å². The molecule has 0 spiro atoms. The molecule has 2 N–H and O–H groups in total. The Morgan fingerprint density at radius 3 is 2.69 bits per heavy atom. The van der Waals surface area contributed by atoms with Crippen molar-refractivity contribution in [1.29, 1.82) is 0 Å². The van der Waals surface area contributed by atoms with E-state index in [1.54, 1.807) is 0 Å². The molecule has 1 aliphatic rings. The maximum atomic E-state index is 11.7. The number of rotatable bonds is 5. The van der Waals surface area contributed by atoms with Crippen LogP contribution in [0.4, 0.5) is 0 Å². The molecule has 16 heavy (non-hydrogen) atoms. The van der Waals surface area contributed by atoms with Crippen LogP contribution in [0.1, 0.15) is 33.1 Å². The maximum Gasteiger partial charge on any atom is 0.326 e. The summed E-state index contributed by atoms with van der Waals surface area (Å²) in [6, 6.07) is -0.818. The molecule has 92 valence electrons. The summed E-state index contributed by atoms with van der Waals surface area (Å²) >= 11 is 0. The van der Waals surface area contributed by atoms with Crippen molar-refractivity contribution >= 4 is 11.9 Å². The number of carbonyl (C=O) groups excluding carboxylic acids is 1. The van der Waals surface area contributed by atoms with Crippen molar-refractivity contribution < 1.29 is 19.4 Å². The Hall–Kier alpha value is -1.10. The van der Waals surface area contributed by atoms with Crippen molar-refractivity contribution in [2.45, 2.75) is 45.3 Å². The van der Waals surface area contributed by atoms with Gasteiger partial charge < -0.3 is 15.2 Å². The molecule has 1 aliphatic heterocycles. The van der Waals surface area contributed by atoms with Gasteiger partial charge in [0.1, 0.15) is 12.1 Å². The van der Waals surface area contributed by atoms with Gasteiger partial charge in [0.2, 0.25) is 5.91 Å². The first-order valence-corrected chi connectivity index (χ1v) is 5.71. The third kappa shape index (κ3) is 3.20. The average molecular weight is 229 g/mol. The van der Waals surface area contributed by atoms with Gasteiger partial charge in [0.25, 0.3) is 0 Å². The summed E-state index contributed by atoms with van der Waals surface area (Å²) in [6.07, 6.45) is 1.78. The molecule has 0 aromatic carbocycles. The summed E-state index contributed by atoms with van der Waals surface area (Å²) in [6.45, 7) is 4.30. The predicted octanol–water partition coefficient (Wildman–Crippen LogP) is 0.781. The molecule has 0 unspecified atom stereocenters. The second-order valence-corrected chi connectivity index (χ2v) is 4.21. The number of carboxylic acids is 1. The molecule has 3 atom stereocenters. The van der Waals surface area contributed by atoms with Crippen LogP contribution in [0.25, 0.3) is 0 Å². The van der Waals surface area contributed by atoms with E-state index in [-0.39, 0.29) is 11.8 Å². The lowest BCUT2D eigenvalue weighted by molar-refractivity contribution is -0.145. The van der Waals surface area contributed by atoms with Crippen molar-refractivity contribution in [3.05, 3.63) is 0 Å². The molecule has 0 aromatic heterocycles. The minimum absolute atomic E-state index is 0.0807. The largest absolute Gasteiger partial charge is 0.480 e. The van der Waals surface area contributed by atoms with E-state index >= 15 is 0 Å². The van der Waals surface area contributed by atoms with Crippen LogP contribution >= 0.6 is 0 Å². The highest BCUT2D eigenvalue weighted by Gasteiger charge is 2.30. The Bertz CT molecular complexity index is 261. The van der Waals surface area contributed by atoms with Gasteiger partial charge in [0.05, 0.1) is 0 Å². The van der Waals surface area contributed by atoms with Crippen LogP contribution in [-0.4, -0.2) is 35.7 Å². The standard InChI is InChI=1S/C11H19NO4/c1-3-7(2)9(11(14)15)12-10(13)8-5-4-6-16-8/h7-9H,3-6H2,1-2H3,(H,12,13)(H,14,15)/t7-,8-,9+/m1/s1. The summed E-state index contributed by atoms with van der Waals surface area (Å²) < 4.78 is 5.20. The van der Waals surface area contributed by atoms with Gasteiger partial charge in [-0.2, -0.15) is 0 Å². The summed E-state index contributed by atoms with van der Waals surface area (Å²) in [7, 11) is 0. The predicted molar refractivity (Wildman–Crippen MR) is 58.0 cm³/mol. The molecule has 0 radical (unpaired) electrons. The minimum atomic E-state index is -0.985. The fourth-order valence-corrected chi connectivity index (χ4v) is 1.71. The van der Waals surface area contributed by atoms with Crippen LogP contribution in [0.5, 0.6) is 0 Å². The Morgan fingerprint density at radius 1 is 1.56 bits per heavy atom. The number of nitrogens with one attached hydrogen (secondary N) is 1. The second kappa shape index (κ2) is 5.84. The van der Waals surface area contributed by atoms with Gasteiger partial charge in [-0.3, -0.25) is 4.79 Å². The van der Waals surface area contributed by atoms with Crippen LogP contribution in [0.15, 0.2) is 0 Å². The summed E-state index contributed by atoms with van der Waals surface area (Å²) in [5, 5.41) is 11.6. The zero-order chi connectivity index (χ0) is 12.1. The number of ether oxygens (including phenoxy) is 1. The number of amides is 1. The van der Waals surface area contributed by atoms with Crippen LogP contribution < -0.4 is 5.32 Å². The zero-order valence-electron chi connectivity index (χ0n) is 9.73. The molecule has 1 amide bonds. The van der Waals surface area contributed by atoms with Crippen molar-refractivity contribution in [2.75, 3.05) is 6.61 Å².